The normalized spacial score (nSPS) is 17.0. The number of aromatic nitrogens is 2. The summed E-state index contributed by atoms with van der Waals surface area (Å²) in [6.07, 6.45) is 6.43. The number of fused-ring (bicyclic) bond motifs is 1. The highest BCUT2D eigenvalue weighted by molar-refractivity contribution is 9.10. The van der Waals surface area contributed by atoms with Crippen molar-refractivity contribution in [2.75, 3.05) is 0 Å². The summed E-state index contributed by atoms with van der Waals surface area (Å²) in [7, 11) is 0. The molecule has 3 nitrogen and oxygen atoms in total. The average Bonchev–Trinajstić information content (AvgIpc) is 3.14. The highest BCUT2D eigenvalue weighted by Gasteiger charge is 2.34. The molecule has 0 saturated heterocycles. The Labute approximate surface area is 116 Å². The molecule has 0 aromatic carbocycles. The summed E-state index contributed by atoms with van der Waals surface area (Å²) in [6.45, 7) is 0. The minimum Gasteiger partial charge on any atom is -0.303 e. The van der Waals surface area contributed by atoms with Gasteiger partial charge in [0.15, 0.2) is 18.0 Å². The van der Waals surface area contributed by atoms with Crippen molar-refractivity contribution in [2.45, 2.75) is 18.8 Å². The molecule has 0 bridgehead atoms. The molecule has 1 saturated carbocycles. The smallest absolute Gasteiger partial charge is 0.171 e. The van der Waals surface area contributed by atoms with Gasteiger partial charge in [-0.25, -0.2) is 8.96 Å². The molecular weight excluding hydrogens is 319 g/mol. The maximum Gasteiger partial charge on any atom is 0.171 e. The van der Waals surface area contributed by atoms with Crippen molar-refractivity contribution >= 4 is 45.6 Å². The highest BCUT2D eigenvalue weighted by atomic mass is 79.9. The molecule has 1 unspecified atom stereocenters. The summed E-state index contributed by atoms with van der Waals surface area (Å²) >= 11 is 3.47. The first-order chi connectivity index (χ1) is 8.74. The zero-order valence-electron chi connectivity index (χ0n) is 9.35. The van der Waals surface area contributed by atoms with Gasteiger partial charge in [0.05, 0.1) is 0 Å². The zero-order valence-corrected chi connectivity index (χ0v) is 11.7. The second kappa shape index (κ2) is 4.66. The molecule has 1 fully saturated rings. The number of hydrogen-bond acceptors (Lipinski definition) is 3. The molecule has 0 spiro atoms. The molecular formula is C12H10BrFN2OS. The van der Waals surface area contributed by atoms with Crippen LogP contribution in [0.1, 0.15) is 24.3 Å². The monoisotopic (exact) mass is 328 g/mol. The van der Waals surface area contributed by atoms with Crippen LogP contribution in [0.15, 0.2) is 22.9 Å². The van der Waals surface area contributed by atoms with Crippen LogP contribution in [0.3, 0.4) is 0 Å². The summed E-state index contributed by atoms with van der Waals surface area (Å²) < 4.78 is 15.1. The van der Waals surface area contributed by atoms with Crippen LogP contribution in [0.4, 0.5) is 3.89 Å². The van der Waals surface area contributed by atoms with E-state index in [1.54, 1.807) is 12.4 Å². The summed E-state index contributed by atoms with van der Waals surface area (Å²) in [6, 6.07) is 1.89. The van der Waals surface area contributed by atoms with Gasteiger partial charge in [-0.3, -0.25) is 0 Å². The zero-order chi connectivity index (χ0) is 12.7. The Morgan fingerprint density at radius 1 is 1.61 bits per heavy atom. The van der Waals surface area contributed by atoms with Crippen LogP contribution in [0, 0.1) is 5.92 Å². The van der Waals surface area contributed by atoms with E-state index in [0.29, 0.717) is 11.6 Å². The standard InChI is InChI=1S/C12H10BrFN2OS/c13-8-3-9-10(11(6-17)7-1-2-7)5-16(18-14)12(9)15-4-8/h3-7,11H,1-2H2. The third kappa shape index (κ3) is 1.97. The van der Waals surface area contributed by atoms with E-state index in [2.05, 4.69) is 20.9 Å². The number of hydrogen-bond donors (Lipinski definition) is 0. The van der Waals surface area contributed by atoms with Crippen molar-refractivity contribution in [3.8, 4) is 0 Å². The van der Waals surface area contributed by atoms with Gasteiger partial charge in [-0.1, -0.05) is 0 Å². The van der Waals surface area contributed by atoms with Crippen LogP contribution in [0.2, 0.25) is 0 Å². The number of pyridine rings is 1. The maximum absolute atomic E-state index is 12.9. The van der Waals surface area contributed by atoms with Crippen molar-refractivity contribution in [1.82, 2.24) is 8.96 Å². The van der Waals surface area contributed by atoms with E-state index in [-0.39, 0.29) is 18.3 Å². The molecule has 18 heavy (non-hydrogen) atoms. The van der Waals surface area contributed by atoms with Gasteiger partial charge < -0.3 is 4.79 Å². The molecule has 3 rings (SSSR count). The minimum atomic E-state index is -0.142. The van der Waals surface area contributed by atoms with Crippen LogP contribution in [0.5, 0.6) is 0 Å². The molecule has 2 aromatic rings. The van der Waals surface area contributed by atoms with E-state index in [1.165, 1.54) is 3.97 Å². The molecule has 94 valence electrons. The fourth-order valence-corrected chi connectivity index (χ4v) is 2.98. The lowest BCUT2D eigenvalue weighted by molar-refractivity contribution is -0.109. The first-order valence-electron chi connectivity index (χ1n) is 5.65. The predicted octanol–water partition coefficient (Wildman–Crippen LogP) is 3.87. The van der Waals surface area contributed by atoms with Gasteiger partial charge in [0, 0.05) is 28.2 Å². The number of nitrogens with zero attached hydrogens (tertiary/aromatic N) is 2. The van der Waals surface area contributed by atoms with Gasteiger partial charge in [0.25, 0.3) is 0 Å². The average molecular weight is 329 g/mol. The van der Waals surface area contributed by atoms with Gasteiger partial charge in [0.2, 0.25) is 0 Å². The van der Waals surface area contributed by atoms with Crippen LogP contribution in [-0.2, 0) is 4.79 Å². The Morgan fingerprint density at radius 2 is 2.39 bits per heavy atom. The molecule has 0 radical (unpaired) electrons. The summed E-state index contributed by atoms with van der Waals surface area (Å²) in [5.41, 5.74) is 1.44. The SMILES string of the molecule is O=CC(c1cn(SF)c2ncc(Br)cc12)C1CC1. The molecule has 1 aliphatic rings. The van der Waals surface area contributed by atoms with Crippen molar-refractivity contribution in [2.24, 2.45) is 5.92 Å². The first-order valence-corrected chi connectivity index (χ1v) is 7.12. The Kier molecular flexibility index (Phi) is 3.15. The summed E-state index contributed by atoms with van der Waals surface area (Å²) in [5.74, 6) is 0.266. The molecule has 2 aromatic heterocycles. The van der Waals surface area contributed by atoms with E-state index < -0.39 is 0 Å². The van der Waals surface area contributed by atoms with Gasteiger partial charge in [-0.05, 0) is 46.3 Å². The molecule has 1 atom stereocenters. The van der Waals surface area contributed by atoms with E-state index >= 15 is 0 Å². The van der Waals surface area contributed by atoms with E-state index in [0.717, 1.165) is 34.6 Å². The Morgan fingerprint density at radius 3 is 3.00 bits per heavy atom. The molecule has 1 aliphatic carbocycles. The fraction of sp³-hybridized carbons (Fsp3) is 0.333. The molecule has 2 heterocycles. The Balaban J connectivity index is 2.20. The lowest BCUT2D eigenvalue weighted by atomic mass is 9.96. The third-order valence-electron chi connectivity index (χ3n) is 3.32. The van der Waals surface area contributed by atoms with Gasteiger partial charge >= 0.3 is 0 Å². The molecule has 0 aliphatic heterocycles. The number of carbonyl (C=O) groups excluding carboxylic acids is 1. The number of carbonyl (C=O) groups is 1. The fourth-order valence-electron chi connectivity index (χ4n) is 2.29. The number of aldehydes is 1. The second-order valence-electron chi connectivity index (χ2n) is 4.50. The van der Waals surface area contributed by atoms with Crippen LogP contribution in [0.25, 0.3) is 11.0 Å². The Hall–Kier alpha value is -0.880. The third-order valence-corrected chi connectivity index (χ3v) is 4.18. The van der Waals surface area contributed by atoms with Crippen LogP contribution >= 0.6 is 28.3 Å². The lowest BCUT2D eigenvalue weighted by Gasteiger charge is -2.06. The van der Waals surface area contributed by atoms with Crippen molar-refractivity contribution < 1.29 is 8.68 Å². The second-order valence-corrected chi connectivity index (χ2v) is 5.95. The molecule has 0 N–H and O–H groups in total. The van der Waals surface area contributed by atoms with E-state index in [4.69, 9.17) is 0 Å². The highest BCUT2D eigenvalue weighted by Crippen LogP contribution is 2.44. The van der Waals surface area contributed by atoms with Crippen LogP contribution < -0.4 is 0 Å². The maximum atomic E-state index is 12.9. The van der Waals surface area contributed by atoms with E-state index in [1.807, 2.05) is 6.07 Å². The number of rotatable bonds is 4. The van der Waals surface area contributed by atoms with Gasteiger partial charge in [0.1, 0.15) is 6.29 Å². The van der Waals surface area contributed by atoms with E-state index in [9.17, 15) is 8.68 Å². The van der Waals surface area contributed by atoms with Crippen molar-refractivity contribution in [1.29, 1.82) is 0 Å². The minimum absolute atomic E-state index is 0.108. The topological polar surface area (TPSA) is 34.9 Å². The predicted molar refractivity (Wildman–Crippen MR) is 73.1 cm³/mol. The van der Waals surface area contributed by atoms with Crippen molar-refractivity contribution in [3.63, 3.8) is 0 Å². The quantitative estimate of drug-likeness (QED) is 0.799. The van der Waals surface area contributed by atoms with Crippen LogP contribution in [-0.4, -0.2) is 15.2 Å². The molecule has 6 heteroatoms. The summed E-state index contributed by atoms with van der Waals surface area (Å²) in [5, 5.41) is 0.846. The largest absolute Gasteiger partial charge is 0.303 e. The van der Waals surface area contributed by atoms with Crippen molar-refractivity contribution in [3.05, 3.63) is 28.5 Å². The number of halogens is 2. The molecule has 0 amide bonds. The van der Waals surface area contributed by atoms with Gasteiger partial charge in [-0.15, -0.1) is 3.89 Å². The van der Waals surface area contributed by atoms with Gasteiger partial charge in [-0.2, -0.15) is 0 Å². The Bertz CT molecular complexity index is 611. The lowest BCUT2D eigenvalue weighted by Crippen LogP contribution is -2.01. The summed E-state index contributed by atoms with van der Waals surface area (Å²) in [4.78, 5) is 15.5. The first kappa shape index (κ1) is 12.2.